The van der Waals surface area contributed by atoms with Crippen LogP contribution in [-0.4, -0.2) is 103 Å². The fourth-order valence-electron chi connectivity index (χ4n) is 2.56. The third-order valence-corrected chi connectivity index (χ3v) is 4.21. The van der Waals surface area contributed by atoms with Crippen molar-refractivity contribution in [2.45, 2.75) is 48.8 Å². The van der Waals surface area contributed by atoms with E-state index in [2.05, 4.69) is 29.0 Å². The van der Waals surface area contributed by atoms with E-state index in [4.69, 9.17) is 5.11 Å². The first-order valence-corrected chi connectivity index (χ1v) is 8.83. The number of aliphatic hydroxyl groups excluding tert-OH is 4. The number of esters is 1. The Bertz CT molecular complexity index is 835. The number of aliphatic hydroxyl groups is 6. The molecule has 0 aromatic rings. The first-order valence-electron chi connectivity index (χ1n) is 8.83. The van der Waals surface area contributed by atoms with Crippen LogP contribution in [0.1, 0.15) is 12.8 Å². The molecule has 6 N–H and O–H groups in total. The van der Waals surface area contributed by atoms with Gasteiger partial charge in [0.1, 0.15) is 18.3 Å². The molecule has 0 aromatic carbocycles. The molecular weight excluding hydrogens is 464 g/mol. The first kappa shape index (κ1) is 26.1. The van der Waals surface area contributed by atoms with Crippen LogP contribution in [0.4, 0.5) is 0 Å². The molecule has 0 bridgehead atoms. The molecule has 17 nitrogen and oxygen atoms in total. The largest absolute Gasteiger partial charge is 0.405 e. The average molecular weight is 482 g/mol. The monoisotopic (exact) mass is 482 g/mol. The van der Waals surface area contributed by atoms with Gasteiger partial charge in [0.2, 0.25) is 0 Å². The minimum Gasteiger partial charge on any atom is -0.405 e. The highest BCUT2D eigenvalue weighted by atomic mass is 17.2. The second-order valence-electron chi connectivity index (χ2n) is 6.72. The number of carbonyl (C=O) groups is 5. The van der Waals surface area contributed by atoms with E-state index in [0.29, 0.717) is 12.2 Å². The van der Waals surface area contributed by atoms with Gasteiger partial charge in [0, 0.05) is 12.2 Å². The van der Waals surface area contributed by atoms with Crippen LogP contribution in [0.2, 0.25) is 0 Å². The van der Waals surface area contributed by atoms with E-state index in [1.807, 2.05) is 0 Å². The van der Waals surface area contributed by atoms with E-state index in [0.717, 1.165) is 0 Å². The predicted molar refractivity (Wildman–Crippen MR) is 88.7 cm³/mol. The van der Waals surface area contributed by atoms with Gasteiger partial charge in [-0.1, -0.05) is 0 Å². The molecule has 33 heavy (non-hydrogen) atoms. The van der Waals surface area contributed by atoms with E-state index in [-0.39, 0.29) is 0 Å². The molecule has 0 saturated carbocycles. The Morgan fingerprint density at radius 2 is 1.55 bits per heavy atom. The molecule has 0 aliphatic carbocycles. The number of ether oxygens (including phenoxy) is 2. The number of hydrogen-bond acceptors (Lipinski definition) is 17. The second-order valence-corrected chi connectivity index (χ2v) is 6.72. The molecule has 0 radical (unpaired) electrons. The van der Waals surface area contributed by atoms with Gasteiger partial charge >= 0.3 is 35.8 Å². The summed E-state index contributed by atoms with van der Waals surface area (Å²) in [6.07, 6.45) is -10.5. The van der Waals surface area contributed by atoms with Gasteiger partial charge in [0.05, 0.1) is 19.4 Å². The summed E-state index contributed by atoms with van der Waals surface area (Å²) in [6.45, 7) is -1.01. The lowest BCUT2D eigenvalue weighted by Gasteiger charge is -2.43. The Kier molecular flexibility index (Phi) is 8.03. The van der Waals surface area contributed by atoms with Crippen LogP contribution in [-0.2, 0) is 53.0 Å². The third kappa shape index (κ3) is 6.20. The fourth-order valence-corrected chi connectivity index (χ4v) is 2.56. The zero-order valence-corrected chi connectivity index (χ0v) is 16.3. The van der Waals surface area contributed by atoms with Crippen molar-refractivity contribution in [3.63, 3.8) is 0 Å². The number of rotatable bonds is 4. The summed E-state index contributed by atoms with van der Waals surface area (Å²) in [5, 5.41) is 59.1. The van der Waals surface area contributed by atoms with Crippen molar-refractivity contribution in [2.75, 3.05) is 6.61 Å². The average Bonchev–Trinajstić information content (AvgIpc) is 2.74. The van der Waals surface area contributed by atoms with Gasteiger partial charge in [0.25, 0.3) is 0 Å². The van der Waals surface area contributed by atoms with Crippen LogP contribution in [0.5, 0.6) is 0 Å². The smallest absolute Gasteiger partial charge is 0.387 e. The van der Waals surface area contributed by atoms with Crippen LogP contribution in [0, 0.1) is 0 Å². The van der Waals surface area contributed by atoms with Gasteiger partial charge in [-0.3, -0.25) is 4.79 Å². The minimum atomic E-state index is -3.39. The molecule has 184 valence electrons. The summed E-state index contributed by atoms with van der Waals surface area (Å²) < 4.78 is 9.12. The first-order chi connectivity index (χ1) is 15.3. The Morgan fingerprint density at radius 1 is 0.970 bits per heavy atom. The van der Waals surface area contributed by atoms with Crippen molar-refractivity contribution in [2.24, 2.45) is 0 Å². The van der Waals surface area contributed by atoms with Crippen molar-refractivity contribution < 1.29 is 83.6 Å². The second kappa shape index (κ2) is 10.2. The van der Waals surface area contributed by atoms with Crippen molar-refractivity contribution in [3.05, 3.63) is 12.2 Å². The normalized spacial score (nSPS) is 36.8. The SMILES string of the molecule is O=C1/C=C\C(=O)OOC(=O)C(O)(CC(=O)O[C@@]2(O)O[C@H](CO)[C@@H](O)[C@H](O)[C@H]2O)CC(=O)OO1. The van der Waals surface area contributed by atoms with Crippen LogP contribution in [0.15, 0.2) is 12.2 Å². The molecule has 0 spiro atoms. The van der Waals surface area contributed by atoms with Crippen molar-refractivity contribution in [1.82, 2.24) is 0 Å². The Labute approximate surface area is 182 Å². The molecule has 2 rings (SSSR count). The zero-order valence-electron chi connectivity index (χ0n) is 16.3. The summed E-state index contributed by atoms with van der Waals surface area (Å²) in [7, 11) is 0. The number of hydrogen-bond donors (Lipinski definition) is 6. The number of carbonyl (C=O) groups excluding carboxylic acids is 5. The van der Waals surface area contributed by atoms with Crippen LogP contribution in [0.3, 0.4) is 0 Å². The van der Waals surface area contributed by atoms with Gasteiger partial charge in [0.15, 0.2) is 11.7 Å². The highest BCUT2D eigenvalue weighted by molar-refractivity contribution is 5.93. The summed E-state index contributed by atoms with van der Waals surface area (Å²) in [5.41, 5.74) is -3.21. The topological polar surface area (TPSA) is 262 Å². The van der Waals surface area contributed by atoms with E-state index in [9.17, 15) is 49.5 Å². The molecule has 1 saturated heterocycles. The van der Waals surface area contributed by atoms with Gasteiger partial charge in [-0.25, -0.2) is 38.7 Å². The van der Waals surface area contributed by atoms with Crippen LogP contribution >= 0.6 is 0 Å². The highest BCUT2D eigenvalue weighted by Gasteiger charge is 2.57. The van der Waals surface area contributed by atoms with Crippen molar-refractivity contribution in [3.8, 4) is 0 Å². The lowest BCUT2D eigenvalue weighted by atomic mass is 9.95. The highest BCUT2D eigenvalue weighted by Crippen LogP contribution is 2.31. The maximum absolute atomic E-state index is 12.3. The fraction of sp³-hybridized carbons (Fsp3) is 0.562. The van der Waals surface area contributed by atoms with E-state index in [1.54, 1.807) is 0 Å². The Hall–Kier alpha value is -3.19. The van der Waals surface area contributed by atoms with Crippen molar-refractivity contribution in [1.29, 1.82) is 0 Å². The molecule has 0 amide bonds. The van der Waals surface area contributed by atoms with E-state index < -0.39 is 85.3 Å². The van der Waals surface area contributed by atoms with Crippen LogP contribution < -0.4 is 0 Å². The molecular formula is C16H18O17. The molecule has 6 atom stereocenters. The molecule has 2 heterocycles. The summed E-state index contributed by atoms with van der Waals surface area (Å²) in [4.78, 5) is 74.7. The third-order valence-electron chi connectivity index (χ3n) is 4.21. The molecule has 1 unspecified atom stereocenters. The van der Waals surface area contributed by atoms with Crippen LogP contribution in [0.25, 0.3) is 0 Å². The van der Waals surface area contributed by atoms with Gasteiger partial charge < -0.3 is 40.1 Å². The molecule has 2 aliphatic rings. The van der Waals surface area contributed by atoms with Gasteiger partial charge in [-0.2, -0.15) is 0 Å². The van der Waals surface area contributed by atoms with Crippen molar-refractivity contribution >= 4 is 29.8 Å². The minimum absolute atomic E-state index is 0.396. The van der Waals surface area contributed by atoms with E-state index in [1.165, 1.54) is 0 Å². The summed E-state index contributed by atoms with van der Waals surface area (Å²) >= 11 is 0. The quantitative estimate of drug-likeness (QED) is 0.124. The molecule has 0 aromatic heterocycles. The molecule has 1 fully saturated rings. The maximum Gasteiger partial charge on any atom is 0.387 e. The predicted octanol–water partition coefficient (Wildman–Crippen LogP) is -5.27. The van der Waals surface area contributed by atoms with E-state index >= 15 is 0 Å². The summed E-state index contributed by atoms with van der Waals surface area (Å²) in [6, 6.07) is 0. The lowest BCUT2D eigenvalue weighted by Crippen LogP contribution is -2.66. The van der Waals surface area contributed by atoms with Gasteiger partial charge in [-0.05, 0) is 0 Å². The lowest BCUT2D eigenvalue weighted by molar-refractivity contribution is -0.434. The summed E-state index contributed by atoms with van der Waals surface area (Å²) in [5.74, 6) is -11.5. The molecule has 2 aliphatic heterocycles. The van der Waals surface area contributed by atoms with Gasteiger partial charge in [-0.15, -0.1) is 0 Å². The Balaban J connectivity index is 2.20. The maximum atomic E-state index is 12.3. The molecule has 17 heteroatoms. The zero-order chi connectivity index (χ0) is 25.0. The standard InChI is InChI=1S/C16H18O17/c17-5-6-11(22)12(23)13(24)16(27,28-6)29-9(20)3-15(26)4-10(21)32-30-7(18)1-2-8(19)31-33-14(15)25/h1-2,6,11-13,17,22-24,26-27H,3-5H2/b2-1-/t6-,11-,12+,13-,15?,16+/m1/s1. The Morgan fingerprint density at radius 3 is 2.12 bits per heavy atom.